The van der Waals surface area contributed by atoms with Gasteiger partial charge in [-0.1, -0.05) is 13.8 Å². The van der Waals surface area contributed by atoms with Gasteiger partial charge in [-0.05, 0) is 25.6 Å². The van der Waals surface area contributed by atoms with Crippen LogP contribution in [0.2, 0.25) is 0 Å². The number of hydrogen-bond acceptors (Lipinski definition) is 4. The second-order valence-electron chi connectivity index (χ2n) is 4.22. The fourth-order valence-electron chi connectivity index (χ4n) is 1.78. The zero-order valence-electron chi connectivity index (χ0n) is 11.1. The van der Waals surface area contributed by atoms with Crippen molar-refractivity contribution in [3.63, 3.8) is 0 Å². The lowest BCUT2D eigenvalue weighted by Crippen LogP contribution is -2.32. The summed E-state index contributed by atoms with van der Waals surface area (Å²) in [5.74, 6) is -0.849. The molecule has 0 aliphatic carbocycles. The number of nitrogens with zero attached hydrogens (tertiary/aromatic N) is 1. The third kappa shape index (κ3) is 5.16. The number of rotatable bonds is 9. The molecular formula is C13H22N2O2S. The van der Waals surface area contributed by atoms with E-state index < -0.39 is 5.97 Å². The number of carboxylic acids is 1. The van der Waals surface area contributed by atoms with E-state index in [0.717, 1.165) is 37.6 Å². The van der Waals surface area contributed by atoms with Crippen LogP contribution in [0.1, 0.15) is 35.5 Å². The van der Waals surface area contributed by atoms with Crippen molar-refractivity contribution in [3.8, 4) is 0 Å². The topological polar surface area (TPSA) is 52.6 Å². The first-order valence-corrected chi connectivity index (χ1v) is 7.29. The van der Waals surface area contributed by atoms with Gasteiger partial charge in [0.15, 0.2) is 0 Å². The van der Waals surface area contributed by atoms with Crippen molar-refractivity contribution in [3.05, 3.63) is 21.9 Å². The highest BCUT2D eigenvalue weighted by atomic mass is 32.1. The second kappa shape index (κ2) is 8.24. The average Bonchev–Trinajstić information content (AvgIpc) is 2.82. The lowest BCUT2D eigenvalue weighted by Gasteiger charge is -2.19. The predicted molar refractivity (Wildman–Crippen MR) is 75.4 cm³/mol. The molecule has 4 nitrogen and oxygen atoms in total. The summed E-state index contributed by atoms with van der Waals surface area (Å²) in [6.07, 6.45) is 1.18. The Morgan fingerprint density at radius 2 is 2.22 bits per heavy atom. The first-order valence-electron chi connectivity index (χ1n) is 6.41. The maximum atomic E-state index is 10.7. The minimum absolute atomic E-state index is 0.387. The Bertz CT molecular complexity index is 366. The monoisotopic (exact) mass is 270 g/mol. The van der Waals surface area contributed by atoms with Crippen LogP contribution in [0, 0.1) is 0 Å². The second-order valence-corrected chi connectivity index (χ2v) is 5.21. The lowest BCUT2D eigenvalue weighted by molar-refractivity contribution is 0.0697. The van der Waals surface area contributed by atoms with Crippen molar-refractivity contribution >= 4 is 17.3 Å². The largest absolute Gasteiger partial charge is 0.478 e. The van der Waals surface area contributed by atoms with Crippen molar-refractivity contribution in [2.24, 2.45) is 0 Å². The van der Waals surface area contributed by atoms with E-state index >= 15 is 0 Å². The zero-order valence-corrected chi connectivity index (χ0v) is 11.9. The Hall–Kier alpha value is -0.910. The molecule has 2 N–H and O–H groups in total. The van der Waals surface area contributed by atoms with E-state index in [9.17, 15) is 4.79 Å². The Balaban J connectivity index is 2.22. The van der Waals surface area contributed by atoms with Crippen molar-refractivity contribution in [2.75, 3.05) is 26.2 Å². The molecule has 1 aromatic heterocycles. The van der Waals surface area contributed by atoms with Gasteiger partial charge in [-0.25, -0.2) is 4.79 Å². The van der Waals surface area contributed by atoms with Gasteiger partial charge in [0.2, 0.25) is 0 Å². The van der Waals surface area contributed by atoms with E-state index in [1.165, 1.54) is 17.8 Å². The number of nitrogens with one attached hydrogen (secondary N) is 1. The Kier molecular flexibility index (Phi) is 6.93. The van der Waals surface area contributed by atoms with Gasteiger partial charge in [-0.2, -0.15) is 0 Å². The van der Waals surface area contributed by atoms with E-state index in [1.54, 1.807) is 11.4 Å². The zero-order chi connectivity index (χ0) is 13.4. The van der Waals surface area contributed by atoms with Gasteiger partial charge in [0.05, 0.1) is 5.56 Å². The summed E-state index contributed by atoms with van der Waals surface area (Å²) in [5.41, 5.74) is 0.387. The molecule has 5 heteroatoms. The van der Waals surface area contributed by atoms with E-state index in [2.05, 4.69) is 24.1 Å². The minimum Gasteiger partial charge on any atom is -0.478 e. The normalized spacial score (nSPS) is 11.1. The van der Waals surface area contributed by atoms with Crippen LogP contribution in [0.15, 0.2) is 11.4 Å². The summed E-state index contributed by atoms with van der Waals surface area (Å²) in [5, 5.41) is 13.9. The van der Waals surface area contributed by atoms with Crippen LogP contribution in [0.5, 0.6) is 0 Å². The molecule has 0 bridgehead atoms. The average molecular weight is 270 g/mol. The van der Waals surface area contributed by atoms with Crippen molar-refractivity contribution in [1.29, 1.82) is 0 Å². The molecule has 0 aliphatic rings. The fourth-order valence-corrected chi connectivity index (χ4v) is 2.61. The van der Waals surface area contributed by atoms with Crippen LogP contribution in [0.3, 0.4) is 0 Å². The first kappa shape index (κ1) is 15.1. The van der Waals surface area contributed by atoms with Crippen molar-refractivity contribution in [2.45, 2.75) is 26.8 Å². The molecule has 0 atom stereocenters. The molecule has 0 aliphatic heterocycles. The third-order valence-corrected chi connectivity index (χ3v) is 3.73. The van der Waals surface area contributed by atoms with Crippen molar-refractivity contribution < 1.29 is 9.90 Å². The van der Waals surface area contributed by atoms with Crippen LogP contribution in [-0.4, -0.2) is 42.2 Å². The summed E-state index contributed by atoms with van der Waals surface area (Å²) in [6, 6.07) is 1.74. The lowest BCUT2D eigenvalue weighted by atomic mass is 10.3. The Morgan fingerprint density at radius 1 is 1.44 bits per heavy atom. The van der Waals surface area contributed by atoms with E-state index in [-0.39, 0.29) is 0 Å². The summed E-state index contributed by atoms with van der Waals surface area (Å²) < 4.78 is 0. The van der Waals surface area contributed by atoms with Crippen LogP contribution >= 0.6 is 11.3 Å². The maximum absolute atomic E-state index is 10.7. The molecule has 0 saturated carbocycles. The molecule has 0 amide bonds. The molecule has 0 saturated heterocycles. The van der Waals surface area contributed by atoms with Gasteiger partial charge in [-0.3, -0.25) is 0 Å². The molecule has 1 aromatic rings. The Morgan fingerprint density at radius 3 is 2.78 bits per heavy atom. The third-order valence-electron chi connectivity index (χ3n) is 2.79. The van der Waals surface area contributed by atoms with E-state index in [0.29, 0.717) is 5.56 Å². The molecule has 1 rings (SSSR count). The molecule has 18 heavy (non-hydrogen) atoms. The van der Waals surface area contributed by atoms with Crippen molar-refractivity contribution in [1.82, 2.24) is 10.2 Å². The number of carbonyl (C=O) groups is 1. The highest BCUT2D eigenvalue weighted by molar-refractivity contribution is 7.10. The van der Waals surface area contributed by atoms with Crippen LogP contribution in [-0.2, 0) is 6.54 Å². The van der Waals surface area contributed by atoms with Crippen LogP contribution < -0.4 is 5.32 Å². The molecule has 0 aromatic carbocycles. The molecule has 0 spiro atoms. The minimum atomic E-state index is -0.849. The standard InChI is InChI=1S/C13H22N2O2S/c1-3-6-15(4-2)7-5-14-9-12-8-11(10-18-12)13(16)17/h8,10,14H,3-7,9H2,1-2H3,(H,16,17). The maximum Gasteiger partial charge on any atom is 0.336 e. The number of hydrogen-bond donors (Lipinski definition) is 2. The van der Waals surface area contributed by atoms with Crippen LogP contribution in [0.4, 0.5) is 0 Å². The number of aromatic carboxylic acids is 1. The van der Waals surface area contributed by atoms with Gasteiger partial charge in [-0.15, -0.1) is 11.3 Å². The van der Waals surface area contributed by atoms with E-state index in [1.807, 2.05) is 0 Å². The van der Waals surface area contributed by atoms with Gasteiger partial charge in [0.25, 0.3) is 0 Å². The summed E-state index contributed by atoms with van der Waals surface area (Å²) in [4.78, 5) is 14.2. The molecule has 0 unspecified atom stereocenters. The first-order chi connectivity index (χ1) is 8.67. The molecule has 1 heterocycles. The SMILES string of the molecule is CCCN(CC)CCNCc1cc(C(=O)O)cs1. The molecule has 0 radical (unpaired) electrons. The number of carboxylic acid groups (broad SMARTS) is 1. The predicted octanol–water partition coefficient (Wildman–Crippen LogP) is 2.27. The molecule has 0 fully saturated rings. The molecular weight excluding hydrogens is 248 g/mol. The van der Waals surface area contributed by atoms with Gasteiger partial charge >= 0.3 is 5.97 Å². The van der Waals surface area contributed by atoms with Crippen LogP contribution in [0.25, 0.3) is 0 Å². The quantitative estimate of drug-likeness (QED) is 0.676. The van der Waals surface area contributed by atoms with Gasteiger partial charge in [0.1, 0.15) is 0 Å². The summed E-state index contributed by atoms with van der Waals surface area (Å²) >= 11 is 1.50. The fraction of sp³-hybridized carbons (Fsp3) is 0.615. The molecule has 102 valence electrons. The highest BCUT2D eigenvalue weighted by Gasteiger charge is 2.06. The number of thiophene rings is 1. The van der Waals surface area contributed by atoms with E-state index in [4.69, 9.17) is 5.11 Å². The smallest absolute Gasteiger partial charge is 0.336 e. The van der Waals surface area contributed by atoms with Gasteiger partial charge in [0, 0.05) is 29.9 Å². The Labute approximate surface area is 113 Å². The van der Waals surface area contributed by atoms with Gasteiger partial charge < -0.3 is 15.3 Å². The summed E-state index contributed by atoms with van der Waals surface area (Å²) in [6.45, 7) is 9.32. The number of likely N-dealkylation sites (N-methyl/N-ethyl adjacent to an activating group) is 1. The highest BCUT2D eigenvalue weighted by Crippen LogP contribution is 2.14. The summed E-state index contributed by atoms with van der Waals surface area (Å²) in [7, 11) is 0.